The molecule has 1 amide bonds. The summed E-state index contributed by atoms with van der Waals surface area (Å²) in [6, 6.07) is 17.6. The Labute approximate surface area is 337 Å². The van der Waals surface area contributed by atoms with Gasteiger partial charge in [0.05, 0.1) is 30.4 Å². The highest BCUT2D eigenvalue weighted by molar-refractivity contribution is 6.36. The van der Waals surface area contributed by atoms with E-state index in [9.17, 15) is 14.7 Å². The zero-order valence-electron chi connectivity index (χ0n) is 31.9. The number of carboxylic acid groups (broad SMARTS) is 1. The van der Waals surface area contributed by atoms with Crippen molar-refractivity contribution in [3.8, 4) is 33.8 Å². The van der Waals surface area contributed by atoms with E-state index in [4.69, 9.17) is 43.1 Å². The lowest BCUT2D eigenvalue weighted by Crippen LogP contribution is -2.42. The summed E-state index contributed by atoms with van der Waals surface area (Å²) in [5, 5.41) is 29.3. The standard InChI is InChI=1S/C43H48Cl2N6O5/c1-51(43-14-12-42(25-43,13-15-43)41(53)54)24-28-16-34(44)27(18-37(28)55-2)21-48-35-9-5-7-31(33(35)19-46)32-8-4-6-30(40(32)45)26-17-38(56-3)36(49-20-26)23-47-22-29-10-11-39(52)50-29/h4-9,16-20,29,46-48H,10-15,21-25H2,1-3H3,(H,50,52)(H,53,54). The van der Waals surface area contributed by atoms with Crippen molar-refractivity contribution in [1.82, 2.24) is 20.5 Å². The maximum Gasteiger partial charge on any atom is 0.309 e. The Morgan fingerprint density at radius 3 is 2.43 bits per heavy atom. The number of pyridine rings is 1. The highest BCUT2D eigenvalue weighted by Crippen LogP contribution is 2.59. The van der Waals surface area contributed by atoms with Crippen LogP contribution in [0.2, 0.25) is 10.0 Å². The average molecular weight is 800 g/mol. The van der Waals surface area contributed by atoms with Crippen molar-refractivity contribution in [2.24, 2.45) is 5.41 Å². The maximum absolute atomic E-state index is 12.1. The molecule has 4 aromatic rings. The first kappa shape index (κ1) is 39.6. The van der Waals surface area contributed by atoms with E-state index in [1.165, 1.54) is 6.21 Å². The molecule has 13 heteroatoms. The van der Waals surface area contributed by atoms with E-state index >= 15 is 0 Å². The predicted octanol–water partition coefficient (Wildman–Crippen LogP) is 7.94. The number of hydrogen-bond donors (Lipinski definition) is 5. The Balaban J connectivity index is 1.07. The summed E-state index contributed by atoms with van der Waals surface area (Å²) in [4.78, 5) is 30.6. The second-order valence-electron chi connectivity index (χ2n) is 15.3. The van der Waals surface area contributed by atoms with Gasteiger partial charge in [0.25, 0.3) is 0 Å². The molecule has 2 bridgehead atoms. The average Bonchev–Trinajstić information content (AvgIpc) is 3.93. The molecule has 7 rings (SSSR count). The first-order chi connectivity index (χ1) is 27.0. The number of nitrogens with zero attached hydrogens (tertiary/aromatic N) is 2. The van der Waals surface area contributed by atoms with Crippen molar-refractivity contribution in [2.75, 3.05) is 33.1 Å². The summed E-state index contributed by atoms with van der Waals surface area (Å²) >= 11 is 14.1. The number of halogens is 2. The predicted molar refractivity (Wildman–Crippen MR) is 220 cm³/mol. The van der Waals surface area contributed by atoms with Gasteiger partial charge in [0.1, 0.15) is 11.5 Å². The fourth-order valence-electron chi connectivity index (χ4n) is 8.88. The van der Waals surface area contributed by atoms with Crippen LogP contribution in [0.1, 0.15) is 67.3 Å². The third-order valence-electron chi connectivity index (χ3n) is 12.2. The number of benzene rings is 3. The van der Waals surface area contributed by atoms with Crippen LogP contribution < -0.4 is 25.4 Å². The number of carbonyl (C=O) groups is 2. The second kappa shape index (κ2) is 16.4. The molecule has 1 saturated heterocycles. The summed E-state index contributed by atoms with van der Waals surface area (Å²) in [5.41, 5.74) is 6.38. The van der Waals surface area contributed by atoms with Crippen molar-refractivity contribution in [1.29, 1.82) is 5.41 Å². The van der Waals surface area contributed by atoms with E-state index in [1.807, 2.05) is 54.6 Å². The summed E-state index contributed by atoms with van der Waals surface area (Å²) in [7, 11) is 5.34. The van der Waals surface area contributed by atoms with Crippen LogP contribution in [0.3, 0.4) is 0 Å². The topological polar surface area (TPSA) is 149 Å². The third kappa shape index (κ3) is 7.70. The second-order valence-corrected chi connectivity index (χ2v) is 16.1. The van der Waals surface area contributed by atoms with Crippen LogP contribution in [0.4, 0.5) is 5.69 Å². The van der Waals surface area contributed by atoms with Crippen molar-refractivity contribution < 1.29 is 24.2 Å². The normalized spacial score (nSPS) is 21.3. The SMILES string of the molecule is COc1cc(CNc2cccc(-c3cccc(-c4cnc(CNCC5CCC(=O)N5)c(OC)c4)c3Cl)c2C=N)c(Cl)cc1CN(C)C12CCC(C(=O)O)(CC1)C2. The molecular formula is C43H48Cl2N6O5. The number of aromatic nitrogens is 1. The fourth-order valence-corrected chi connectivity index (χ4v) is 9.47. The van der Waals surface area contributed by atoms with Gasteiger partial charge >= 0.3 is 5.97 Å². The molecule has 2 heterocycles. The number of carboxylic acids is 1. The van der Waals surface area contributed by atoms with Gasteiger partial charge in [-0.1, -0.05) is 53.5 Å². The van der Waals surface area contributed by atoms with E-state index in [0.717, 1.165) is 76.9 Å². The third-order valence-corrected chi connectivity index (χ3v) is 12.9. The molecule has 11 nitrogen and oxygen atoms in total. The molecule has 2 saturated carbocycles. The minimum atomic E-state index is -0.672. The van der Waals surface area contributed by atoms with E-state index < -0.39 is 11.4 Å². The summed E-state index contributed by atoms with van der Waals surface area (Å²) in [5.74, 6) is 0.761. The minimum Gasteiger partial charge on any atom is -0.496 e. The van der Waals surface area contributed by atoms with Gasteiger partial charge < -0.3 is 35.9 Å². The molecule has 1 aliphatic heterocycles. The largest absolute Gasteiger partial charge is 0.496 e. The summed E-state index contributed by atoms with van der Waals surface area (Å²) in [6.45, 7) is 2.12. The molecule has 1 unspecified atom stereocenters. The highest BCUT2D eigenvalue weighted by Gasteiger charge is 2.59. The number of aliphatic carboxylic acids is 1. The van der Waals surface area contributed by atoms with Crippen LogP contribution in [0.15, 0.2) is 60.8 Å². The van der Waals surface area contributed by atoms with Crippen LogP contribution in [-0.2, 0) is 29.2 Å². The van der Waals surface area contributed by atoms with Gasteiger partial charge in [-0.15, -0.1) is 0 Å². The number of nitrogens with one attached hydrogen (secondary N) is 4. The number of ether oxygens (including phenoxy) is 2. The number of methoxy groups -OCH3 is 2. The number of carbonyl (C=O) groups excluding carboxylic acids is 1. The lowest BCUT2D eigenvalue weighted by molar-refractivity contribution is -0.148. The van der Waals surface area contributed by atoms with Crippen LogP contribution in [0.25, 0.3) is 22.3 Å². The van der Waals surface area contributed by atoms with E-state index in [2.05, 4.69) is 27.9 Å². The van der Waals surface area contributed by atoms with Crippen molar-refractivity contribution >= 4 is 47.0 Å². The van der Waals surface area contributed by atoms with Gasteiger partial charge in [0.2, 0.25) is 5.91 Å². The first-order valence-electron chi connectivity index (χ1n) is 19.0. The Bertz CT molecular complexity index is 2150. The summed E-state index contributed by atoms with van der Waals surface area (Å²) < 4.78 is 11.6. The maximum atomic E-state index is 12.1. The molecular weight excluding hydrogens is 751 g/mol. The molecule has 0 radical (unpaired) electrons. The Kier molecular flexibility index (Phi) is 11.6. The molecule has 0 spiro atoms. The Morgan fingerprint density at radius 1 is 1.02 bits per heavy atom. The minimum absolute atomic E-state index is 0.0879. The highest BCUT2D eigenvalue weighted by atomic mass is 35.5. The van der Waals surface area contributed by atoms with Crippen LogP contribution in [0.5, 0.6) is 11.5 Å². The lowest BCUT2D eigenvalue weighted by Gasteiger charge is -2.37. The van der Waals surface area contributed by atoms with Crippen molar-refractivity contribution in [2.45, 2.75) is 76.2 Å². The van der Waals surface area contributed by atoms with Gasteiger partial charge in [-0.05, 0) is 81.0 Å². The van der Waals surface area contributed by atoms with E-state index in [0.29, 0.717) is 66.1 Å². The van der Waals surface area contributed by atoms with Crippen LogP contribution in [-0.4, -0.2) is 72.5 Å². The molecule has 1 atom stereocenters. The van der Waals surface area contributed by atoms with Gasteiger partial charge in [0, 0.05) is 95.1 Å². The number of hydrogen-bond acceptors (Lipinski definition) is 9. The fraction of sp³-hybridized carbons (Fsp3) is 0.395. The molecule has 1 aromatic heterocycles. The quantitative estimate of drug-likeness (QED) is 0.0713. The lowest BCUT2D eigenvalue weighted by atomic mass is 9.84. The van der Waals surface area contributed by atoms with Gasteiger partial charge in [0.15, 0.2) is 0 Å². The Morgan fingerprint density at radius 2 is 1.75 bits per heavy atom. The van der Waals surface area contributed by atoms with Gasteiger partial charge in [-0.2, -0.15) is 0 Å². The molecule has 3 aromatic carbocycles. The number of amides is 1. The van der Waals surface area contributed by atoms with E-state index in [-0.39, 0.29) is 17.5 Å². The number of rotatable bonds is 16. The molecule has 2 aliphatic carbocycles. The molecule has 3 fully saturated rings. The van der Waals surface area contributed by atoms with Crippen molar-refractivity contribution in [3.63, 3.8) is 0 Å². The molecule has 56 heavy (non-hydrogen) atoms. The smallest absolute Gasteiger partial charge is 0.309 e. The number of fused-ring (bicyclic) bond motifs is 2. The molecule has 294 valence electrons. The van der Waals surface area contributed by atoms with Gasteiger partial charge in [-0.25, -0.2) is 0 Å². The van der Waals surface area contributed by atoms with Gasteiger partial charge in [-0.3, -0.25) is 19.5 Å². The van der Waals surface area contributed by atoms with Crippen LogP contribution in [0, 0.1) is 10.8 Å². The Hall–Kier alpha value is -4.68. The first-order valence-corrected chi connectivity index (χ1v) is 19.7. The molecule has 3 aliphatic rings. The van der Waals surface area contributed by atoms with E-state index in [1.54, 1.807) is 20.4 Å². The van der Waals surface area contributed by atoms with Crippen molar-refractivity contribution in [3.05, 3.63) is 93.2 Å². The van der Waals surface area contributed by atoms with Crippen LogP contribution >= 0.6 is 23.2 Å². The zero-order chi connectivity index (χ0) is 39.6. The number of anilines is 1. The molecule has 5 N–H and O–H groups in total. The summed E-state index contributed by atoms with van der Waals surface area (Å²) in [6.07, 6.45) is 8.35. The monoisotopic (exact) mass is 798 g/mol. The zero-order valence-corrected chi connectivity index (χ0v) is 33.4.